The van der Waals surface area contributed by atoms with Gasteiger partial charge in [0.05, 0.1) is 12.1 Å². The largest absolute Gasteiger partial charge is 0.287 e. The lowest BCUT2D eigenvalue weighted by Crippen LogP contribution is -2.27. The fourth-order valence-electron chi connectivity index (χ4n) is 2.88. The first-order valence-electron chi connectivity index (χ1n) is 8.42. The molecule has 0 bridgehead atoms. The number of aryl methyl sites for hydroxylation is 1. The van der Waals surface area contributed by atoms with Gasteiger partial charge in [0.1, 0.15) is 6.04 Å². The summed E-state index contributed by atoms with van der Waals surface area (Å²) >= 11 is 0. The summed E-state index contributed by atoms with van der Waals surface area (Å²) in [5.41, 5.74) is 4.29. The summed E-state index contributed by atoms with van der Waals surface area (Å²) in [6.45, 7) is 7.85. The molecule has 0 saturated heterocycles. The van der Waals surface area contributed by atoms with E-state index in [0.29, 0.717) is 0 Å². The van der Waals surface area contributed by atoms with E-state index in [2.05, 4.69) is 36.2 Å². The van der Waals surface area contributed by atoms with E-state index >= 15 is 0 Å². The monoisotopic (exact) mass is 328 g/mol. The second-order valence-corrected chi connectivity index (χ2v) is 5.83. The van der Waals surface area contributed by atoms with Crippen molar-refractivity contribution < 1.29 is 0 Å². The first-order chi connectivity index (χ1) is 12.2. The first-order valence-corrected chi connectivity index (χ1v) is 8.42. The van der Waals surface area contributed by atoms with E-state index in [0.717, 1.165) is 22.3 Å². The van der Waals surface area contributed by atoms with Gasteiger partial charge in [0, 0.05) is 0 Å². The van der Waals surface area contributed by atoms with Crippen LogP contribution in [0.1, 0.15) is 35.7 Å². The fourth-order valence-corrected chi connectivity index (χ4v) is 2.88. The van der Waals surface area contributed by atoms with E-state index in [9.17, 15) is 5.26 Å². The number of hydrogen-bond acceptors (Lipinski definition) is 2. The Bertz CT molecular complexity index is 794. The Morgan fingerprint density at radius 1 is 1.12 bits per heavy atom. The third-order valence-corrected chi connectivity index (χ3v) is 4.10. The summed E-state index contributed by atoms with van der Waals surface area (Å²) in [7, 11) is 0. The van der Waals surface area contributed by atoms with Crippen molar-refractivity contribution in [2.24, 2.45) is 0 Å². The highest BCUT2D eigenvalue weighted by Gasteiger charge is 2.21. The predicted octanol–water partition coefficient (Wildman–Crippen LogP) is 5.58. The average Bonchev–Trinajstić information content (AvgIpc) is 2.64. The highest BCUT2D eigenvalue weighted by Crippen LogP contribution is 2.28. The van der Waals surface area contributed by atoms with Gasteiger partial charge in [-0.3, -0.25) is 5.32 Å². The SMILES string of the molecule is C=C/C=C(\C=C/C)C(NC(C#N)c1ccccc1C)c1ccccc1. The lowest BCUT2D eigenvalue weighted by atomic mass is 9.94. The van der Waals surface area contributed by atoms with Gasteiger partial charge in [-0.15, -0.1) is 0 Å². The van der Waals surface area contributed by atoms with Crippen LogP contribution in [-0.2, 0) is 0 Å². The highest BCUT2D eigenvalue weighted by atomic mass is 15.0. The molecule has 2 atom stereocenters. The van der Waals surface area contributed by atoms with Crippen molar-refractivity contribution in [1.82, 2.24) is 5.32 Å². The van der Waals surface area contributed by atoms with Crippen molar-refractivity contribution in [1.29, 1.82) is 5.26 Å². The van der Waals surface area contributed by atoms with Crippen LogP contribution in [0.3, 0.4) is 0 Å². The van der Waals surface area contributed by atoms with Gasteiger partial charge in [0.25, 0.3) is 0 Å². The zero-order chi connectivity index (χ0) is 18.1. The Morgan fingerprint density at radius 2 is 1.80 bits per heavy atom. The third kappa shape index (κ3) is 4.79. The van der Waals surface area contributed by atoms with Crippen LogP contribution < -0.4 is 5.32 Å². The van der Waals surface area contributed by atoms with Gasteiger partial charge in [-0.2, -0.15) is 5.26 Å². The molecule has 2 unspecified atom stereocenters. The Morgan fingerprint density at radius 3 is 2.40 bits per heavy atom. The zero-order valence-corrected chi connectivity index (χ0v) is 14.8. The first kappa shape index (κ1) is 18.4. The molecule has 2 aromatic carbocycles. The predicted molar refractivity (Wildman–Crippen MR) is 105 cm³/mol. The number of nitrogens with zero attached hydrogens (tertiary/aromatic N) is 1. The molecule has 2 heteroatoms. The highest BCUT2D eigenvalue weighted by molar-refractivity contribution is 5.39. The Balaban J connectivity index is 2.45. The molecule has 0 amide bonds. The average molecular weight is 328 g/mol. The van der Waals surface area contributed by atoms with Crippen LogP contribution >= 0.6 is 0 Å². The van der Waals surface area contributed by atoms with Gasteiger partial charge in [-0.05, 0) is 36.1 Å². The van der Waals surface area contributed by atoms with E-state index in [4.69, 9.17) is 0 Å². The Labute approximate surface area is 150 Å². The third-order valence-electron chi connectivity index (χ3n) is 4.10. The van der Waals surface area contributed by atoms with Gasteiger partial charge in [-0.25, -0.2) is 0 Å². The van der Waals surface area contributed by atoms with E-state index in [1.54, 1.807) is 6.08 Å². The standard InChI is InChI=1S/C23H24N2/c1-4-11-19(12-5-2)23(20-14-7-6-8-15-20)25-22(17-24)21-16-10-9-13-18(21)3/h4-16,22-23,25H,1H2,2-3H3/b12-5-,19-11+. The van der Waals surface area contributed by atoms with Crippen LogP contribution in [-0.4, -0.2) is 0 Å². The zero-order valence-electron chi connectivity index (χ0n) is 14.8. The molecule has 2 nitrogen and oxygen atoms in total. The second kappa shape index (κ2) is 9.42. The van der Waals surface area contributed by atoms with E-state index in [1.807, 2.05) is 68.5 Å². The molecule has 0 saturated carbocycles. The number of nitrogens with one attached hydrogen (secondary N) is 1. The molecule has 126 valence electrons. The van der Waals surface area contributed by atoms with Crippen LogP contribution in [0.15, 0.2) is 91.1 Å². The molecule has 0 aromatic heterocycles. The molecule has 0 radical (unpaired) electrons. The molecule has 0 spiro atoms. The van der Waals surface area contributed by atoms with E-state index in [-0.39, 0.29) is 6.04 Å². The Hall–Kier alpha value is -2.89. The van der Waals surface area contributed by atoms with E-state index < -0.39 is 6.04 Å². The number of hydrogen-bond donors (Lipinski definition) is 1. The maximum Gasteiger partial charge on any atom is 0.122 e. The molecular weight excluding hydrogens is 304 g/mol. The minimum Gasteiger partial charge on any atom is -0.287 e. The summed E-state index contributed by atoms with van der Waals surface area (Å²) in [4.78, 5) is 0. The van der Waals surface area contributed by atoms with Gasteiger partial charge < -0.3 is 0 Å². The molecule has 2 rings (SSSR count). The molecule has 0 aliphatic carbocycles. The lowest BCUT2D eigenvalue weighted by Gasteiger charge is -2.25. The number of allylic oxidation sites excluding steroid dienone is 3. The number of rotatable bonds is 7. The van der Waals surface area contributed by atoms with Crippen molar-refractivity contribution in [3.05, 3.63) is 108 Å². The van der Waals surface area contributed by atoms with Crippen LogP contribution in [0.4, 0.5) is 0 Å². The smallest absolute Gasteiger partial charge is 0.122 e. The molecule has 25 heavy (non-hydrogen) atoms. The van der Waals surface area contributed by atoms with Gasteiger partial charge in [0.2, 0.25) is 0 Å². The quantitative estimate of drug-likeness (QED) is 0.674. The minimum absolute atomic E-state index is 0.0975. The molecule has 0 aliphatic rings. The van der Waals surface area contributed by atoms with Crippen molar-refractivity contribution in [3.63, 3.8) is 0 Å². The normalized spacial score (nSPS) is 14.0. The van der Waals surface area contributed by atoms with Crippen molar-refractivity contribution in [2.75, 3.05) is 0 Å². The molecule has 0 fully saturated rings. The van der Waals surface area contributed by atoms with Crippen LogP contribution in [0, 0.1) is 18.3 Å². The van der Waals surface area contributed by atoms with Crippen molar-refractivity contribution >= 4 is 0 Å². The van der Waals surface area contributed by atoms with Crippen molar-refractivity contribution in [3.8, 4) is 6.07 Å². The lowest BCUT2D eigenvalue weighted by molar-refractivity contribution is 0.556. The molecular formula is C23H24N2. The molecule has 0 aliphatic heterocycles. The maximum atomic E-state index is 9.77. The summed E-state index contributed by atoms with van der Waals surface area (Å²) in [5.74, 6) is 0. The number of benzene rings is 2. The summed E-state index contributed by atoms with van der Waals surface area (Å²) in [5, 5.41) is 13.3. The van der Waals surface area contributed by atoms with E-state index in [1.165, 1.54) is 0 Å². The summed E-state index contributed by atoms with van der Waals surface area (Å²) in [6.07, 6.45) is 7.82. The molecule has 1 N–H and O–H groups in total. The number of nitriles is 1. The molecule has 0 heterocycles. The van der Waals surface area contributed by atoms with Crippen LogP contribution in [0.5, 0.6) is 0 Å². The van der Waals surface area contributed by atoms with Crippen molar-refractivity contribution in [2.45, 2.75) is 25.9 Å². The summed E-state index contributed by atoms with van der Waals surface area (Å²) in [6, 6.07) is 20.1. The second-order valence-electron chi connectivity index (χ2n) is 5.83. The van der Waals surface area contributed by atoms with Crippen LogP contribution in [0.2, 0.25) is 0 Å². The maximum absolute atomic E-state index is 9.77. The minimum atomic E-state index is -0.398. The van der Waals surface area contributed by atoms with Crippen LogP contribution in [0.25, 0.3) is 0 Å². The topological polar surface area (TPSA) is 35.8 Å². The fraction of sp³-hybridized carbons (Fsp3) is 0.174. The molecule has 2 aromatic rings. The van der Waals surface area contributed by atoms with Gasteiger partial charge in [-0.1, -0.05) is 85.5 Å². The van der Waals surface area contributed by atoms with Gasteiger partial charge >= 0.3 is 0 Å². The van der Waals surface area contributed by atoms with Gasteiger partial charge in [0.15, 0.2) is 0 Å². The Kier molecular flexibility index (Phi) is 6.95. The summed E-state index contributed by atoms with van der Waals surface area (Å²) < 4.78 is 0.